The van der Waals surface area contributed by atoms with Crippen LogP contribution in [0.2, 0.25) is 0 Å². The Morgan fingerprint density at radius 1 is 1.05 bits per heavy atom. The van der Waals surface area contributed by atoms with Crippen LogP contribution in [-0.4, -0.2) is 21.1 Å². The summed E-state index contributed by atoms with van der Waals surface area (Å²) < 4.78 is 5.57. The van der Waals surface area contributed by atoms with Crippen molar-refractivity contribution in [2.45, 2.75) is 12.5 Å². The largest absolute Gasteiger partial charge is 0.508 e. The SMILES string of the molecule is O=C1Cc2c(O)cc(O)cc2O[C@H]1c1cccc(O)c1. The van der Waals surface area contributed by atoms with Crippen LogP contribution < -0.4 is 4.74 Å². The van der Waals surface area contributed by atoms with Gasteiger partial charge in [0.15, 0.2) is 11.9 Å². The summed E-state index contributed by atoms with van der Waals surface area (Å²) in [6.45, 7) is 0. The number of carbonyl (C=O) groups excluding carboxylic acids is 1. The Bertz CT molecular complexity index is 693. The number of ether oxygens (including phenoxy) is 1. The van der Waals surface area contributed by atoms with Crippen molar-refractivity contribution in [3.05, 3.63) is 47.5 Å². The summed E-state index contributed by atoms with van der Waals surface area (Å²) in [4.78, 5) is 12.1. The van der Waals surface area contributed by atoms with E-state index in [1.807, 2.05) is 0 Å². The molecule has 2 aromatic rings. The maximum Gasteiger partial charge on any atom is 0.182 e. The van der Waals surface area contributed by atoms with E-state index < -0.39 is 6.10 Å². The van der Waals surface area contributed by atoms with Crippen LogP contribution in [0.4, 0.5) is 0 Å². The minimum Gasteiger partial charge on any atom is -0.508 e. The average molecular weight is 272 g/mol. The van der Waals surface area contributed by atoms with Gasteiger partial charge in [0.2, 0.25) is 0 Å². The molecule has 5 heteroatoms. The Balaban J connectivity index is 2.03. The van der Waals surface area contributed by atoms with E-state index in [2.05, 4.69) is 0 Å². The summed E-state index contributed by atoms with van der Waals surface area (Å²) in [7, 11) is 0. The number of benzene rings is 2. The van der Waals surface area contributed by atoms with Gasteiger partial charge in [-0.1, -0.05) is 12.1 Å². The van der Waals surface area contributed by atoms with E-state index >= 15 is 0 Å². The molecule has 0 spiro atoms. The second-order valence-electron chi connectivity index (χ2n) is 4.68. The van der Waals surface area contributed by atoms with Gasteiger partial charge in [0.1, 0.15) is 23.0 Å². The highest BCUT2D eigenvalue weighted by Gasteiger charge is 2.31. The molecule has 0 fully saturated rings. The summed E-state index contributed by atoms with van der Waals surface area (Å²) in [6.07, 6.45) is -0.835. The highest BCUT2D eigenvalue weighted by molar-refractivity contribution is 5.89. The molecule has 3 rings (SSSR count). The fourth-order valence-corrected chi connectivity index (χ4v) is 2.30. The van der Waals surface area contributed by atoms with Gasteiger partial charge in [0.05, 0.1) is 0 Å². The number of fused-ring (bicyclic) bond motifs is 1. The Morgan fingerprint density at radius 3 is 2.60 bits per heavy atom. The van der Waals surface area contributed by atoms with Gasteiger partial charge in [0.25, 0.3) is 0 Å². The van der Waals surface area contributed by atoms with Gasteiger partial charge in [-0.25, -0.2) is 0 Å². The highest BCUT2D eigenvalue weighted by atomic mass is 16.5. The normalized spacial score (nSPS) is 17.4. The zero-order valence-corrected chi connectivity index (χ0v) is 10.4. The number of phenols is 3. The first-order chi connectivity index (χ1) is 9.54. The third-order valence-electron chi connectivity index (χ3n) is 3.23. The highest BCUT2D eigenvalue weighted by Crippen LogP contribution is 2.40. The fourth-order valence-electron chi connectivity index (χ4n) is 2.30. The maximum absolute atomic E-state index is 12.1. The summed E-state index contributed by atoms with van der Waals surface area (Å²) >= 11 is 0. The molecule has 0 aromatic heterocycles. The van der Waals surface area contributed by atoms with Crippen LogP contribution in [-0.2, 0) is 11.2 Å². The van der Waals surface area contributed by atoms with Crippen molar-refractivity contribution in [1.29, 1.82) is 0 Å². The van der Waals surface area contributed by atoms with Crippen LogP contribution in [0.1, 0.15) is 17.2 Å². The number of Topliss-reactive ketones (excluding diaryl/α,β-unsaturated/α-hetero) is 1. The number of ketones is 1. The first-order valence-corrected chi connectivity index (χ1v) is 6.08. The van der Waals surface area contributed by atoms with Crippen molar-refractivity contribution in [1.82, 2.24) is 0 Å². The number of carbonyl (C=O) groups is 1. The summed E-state index contributed by atoms with van der Waals surface area (Å²) in [5.41, 5.74) is 0.896. The molecule has 1 atom stereocenters. The quantitative estimate of drug-likeness (QED) is 0.739. The number of aromatic hydroxyl groups is 3. The second-order valence-corrected chi connectivity index (χ2v) is 4.68. The van der Waals surface area contributed by atoms with Crippen molar-refractivity contribution in [3.63, 3.8) is 0 Å². The van der Waals surface area contributed by atoms with Crippen LogP contribution in [0.5, 0.6) is 23.0 Å². The minimum absolute atomic E-state index is 0.0156. The number of hydrogen-bond donors (Lipinski definition) is 3. The van der Waals surface area contributed by atoms with E-state index in [4.69, 9.17) is 4.74 Å². The van der Waals surface area contributed by atoms with Gasteiger partial charge < -0.3 is 20.1 Å². The first kappa shape index (κ1) is 12.3. The van der Waals surface area contributed by atoms with Crippen LogP contribution in [0.15, 0.2) is 36.4 Å². The van der Waals surface area contributed by atoms with Gasteiger partial charge >= 0.3 is 0 Å². The van der Waals surface area contributed by atoms with E-state index in [1.54, 1.807) is 12.1 Å². The number of hydrogen-bond acceptors (Lipinski definition) is 5. The molecule has 2 aromatic carbocycles. The molecule has 0 amide bonds. The molecule has 5 nitrogen and oxygen atoms in total. The molecule has 0 saturated carbocycles. The van der Waals surface area contributed by atoms with Crippen molar-refractivity contribution < 1.29 is 24.9 Å². The lowest BCUT2D eigenvalue weighted by molar-refractivity contribution is -0.126. The van der Waals surface area contributed by atoms with E-state index in [0.29, 0.717) is 11.1 Å². The summed E-state index contributed by atoms with van der Waals surface area (Å²) in [5.74, 6) is -0.198. The molecule has 1 heterocycles. The average Bonchev–Trinajstić information content (AvgIpc) is 2.39. The van der Waals surface area contributed by atoms with Gasteiger partial charge in [-0.15, -0.1) is 0 Å². The monoisotopic (exact) mass is 272 g/mol. The molecule has 102 valence electrons. The molecule has 1 aliphatic rings. The smallest absolute Gasteiger partial charge is 0.182 e. The van der Waals surface area contributed by atoms with Crippen molar-refractivity contribution in [2.75, 3.05) is 0 Å². The van der Waals surface area contributed by atoms with Gasteiger partial charge in [0, 0.05) is 29.7 Å². The van der Waals surface area contributed by atoms with E-state index in [-0.39, 0.29) is 35.2 Å². The van der Waals surface area contributed by atoms with Crippen LogP contribution in [0.3, 0.4) is 0 Å². The van der Waals surface area contributed by atoms with Crippen molar-refractivity contribution in [2.24, 2.45) is 0 Å². The molecule has 1 aliphatic heterocycles. The summed E-state index contributed by atoms with van der Waals surface area (Å²) in [5, 5.41) is 28.7. The molecular formula is C15H12O5. The molecule has 20 heavy (non-hydrogen) atoms. The topological polar surface area (TPSA) is 87.0 Å². The Labute approximate surface area is 114 Å². The van der Waals surface area contributed by atoms with Gasteiger partial charge in [-0.3, -0.25) is 4.79 Å². The van der Waals surface area contributed by atoms with Crippen LogP contribution in [0.25, 0.3) is 0 Å². The predicted molar refractivity (Wildman–Crippen MR) is 70.0 cm³/mol. The van der Waals surface area contributed by atoms with Crippen molar-refractivity contribution >= 4 is 5.78 Å². The molecule has 3 N–H and O–H groups in total. The fraction of sp³-hybridized carbons (Fsp3) is 0.133. The Morgan fingerprint density at radius 2 is 1.85 bits per heavy atom. The Kier molecular flexibility index (Phi) is 2.75. The molecule has 0 radical (unpaired) electrons. The molecule has 0 unspecified atom stereocenters. The Hall–Kier alpha value is -2.69. The van der Waals surface area contributed by atoms with E-state index in [0.717, 1.165) is 0 Å². The minimum atomic E-state index is -0.851. The lowest BCUT2D eigenvalue weighted by Crippen LogP contribution is -2.25. The maximum atomic E-state index is 12.1. The zero-order valence-electron chi connectivity index (χ0n) is 10.4. The lowest BCUT2D eigenvalue weighted by atomic mass is 9.95. The lowest BCUT2D eigenvalue weighted by Gasteiger charge is -2.26. The van der Waals surface area contributed by atoms with Crippen LogP contribution in [0, 0.1) is 0 Å². The molecule has 0 saturated heterocycles. The van der Waals surface area contributed by atoms with E-state index in [9.17, 15) is 20.1 Å². The number of rotatable bonds is 1. The van der Waals surface area contributed by atoms with Gasteiger partial charge in [-0.2, -0.15) is 0 Å². The first-order valence-electron chi connectivity index (χ1n) is 6.08. The van der Waals surface area contributed by atoms with Crippen LogP contribution >= 0.6 is 0 Å². The van der Waals surface area contributed by atoms with Crippen molar-refractivity contribution in [3.8, 4) is 23.0 Å². The second kappa shape index (κ2) is 4.45. The number of phenolic OH excluding ortho intramolecular Hbond substituents is 3. The molecule has 0 aliphatic carbocycles. The zero-order chi connectivity index (χ0) is 14.3. The van der Waals surface area contributed by atoms with E-state index in [1.165, 1.54) is 24.3 Å². The third kappa shape index (κ3) is 2.03. The third-order valence-corrected chi connectivity index (χ3v) is 3.23. The molecular weight excluding hydrogens is 260 g/mol. The van der Waals surface area contributed by atoms with Gasteiger partial charge in [-0.05, 0) is 12.1 Å². The summed E-state index contributed by atoms with van der Waals surface area (Å²) in [6, 6.07) is 8.78. The molecule has 0 bridgehead atoms. The standard InChI is InChI=1S/C15H12O5/c16-9-3-1-2-8(4-9)15-13(19)7-11-12(18)5-10(17)6-14(11)20-15/h1-6,15-18H,7H2/t15-/m0/s1. The predicted octanol–water partition coefficient (Wildman–Crippen LogP) is 2.05.